The summed E-state index contributed by atoms with van der Waals surface area (Å²) >= 11 is 0. The van der Waals surface area contributed by atoms with Crippen LogP contribution in [0.3, 0.4) is 0 Å². The zero-order chi connectivity index (χ0) is 31.6. The Balaban J connectivity index is 2.61. The van der Waals surface area contributed by atoms with Gasteiger partial charge in [0, 0.05) is 30.9 Å². The molecular formula is C30H53NO10. The first-order valence-electron chi connectivity index (χ1n) is 14.7. The monoisotopic (exact) mass is 587 g/mol. The minimum absolute atomic E-state index is 0.0926. The summed E-state index contributed by atoms with van der Waals surface area (Å²) in [4.78, 5) is 42.5. The lowest BCUT2D eigenvalue weighted by molar-refractivity contribution is -0.295. The number of esters is 1. The van der Waals surface area contributed by atoms with Crippen molar-refractivity contribution in [1.29, 1.82) is 0 Å². The predicted molar refractivity (Wildman–Crippen MR) is 151 cm³/mol. The number of cyclic esters (lactones) is 1. The number of carbonyl (C=O) groups excluding carboxylic acids is 3. The summed E-state index contributed by atoms with van der Waals surface area (Å²) in [5.41, 5.74) is -3.20. The molecule has 13 atom stereocenters. The largest absolute Gasteiger partial charge is 0.459 e. The zero-order valence-corrected chi connectivity index (χ0v) is 26.6. The van der Waals surface area contributed by atoms with Gasteiger partial charge in [-0.05, 0) is 61.1 Å². The molecule has 238 valence electrons. The highest BCUT2D eigenvalue weighted by Crippen LogP contribution is 2.38. The van der Waals surface area contributed by atoms with Gasteiger partial charge in [0.25, 0.3) is 0 Å². The van der Waals surface area contributed by atoms with Crippen molar-refractivity contribution < 1.29 is 48.7 Å². The number of nitrogens with zero attached hydrogens (tertiary/aromatic N) is 1. The van der Waals surface area contributed by atoms with Crippen molar-refractivity contribution in [2.24, 2.45) is 23.7 Å². The first kappa shape index (κ1) is 35.7. The molecule has 11 heteroatoms. The molecule has 0 radical (unpaired) electrons. The van der Waals surface area contributed by atoms with Crippen LogP contribution in [0.5, 0.6) is 0 Å². The molecule has 41 heavy (non-hydrogen) atoms. The Labute approximate surface area is 244 Å². The molecule has 0 aromatic carbocycles. The van der Waals surface area contributed by atoms with Gasteiger partial charge in [-0.3, -0.25) is 14.4 Å². The number of hydrogen-bond acceptors (Lipinski definition) is 11. The van der Waals surface area contributed by atoms with Crippen LogP contribution in [-0.4, -0.2) is 113 Å². The second kappa shape index (κ2) is 13.9. The van der Waals surface area contributed by atoms with Gasteiger partial charge < -0.3 is 39.2 Å². The van der Waals surface area contributed by atoms with Crippen LogP contribution in [-0.2, 0) is 33.3 Å². The van der Waals surface area contributed by atoms with Crippen molar-refractivity contribution in [2.45, 2.75) is 129 Å². The number of aliphatic hydroxyl groups is 3. The molecule has 0 aromatic heterocycles. The number of methoxy groups -OCH3 is 1. The highest BCUT2D eigenvalue weighted by molar-refractivity contribution is 6.00. The van der Waals surface area contributed by atoms with E-state index in [0.29, 0.717) is 6.42 Å². The third-order valence-corrected chi connectivity index (χ3v) is 9.31. The number of aliphatic hydroxyl groups excluding tert-OH is 2. The van der Waals surface area contributed by atoms with Crippen molar-refractivity contribution in [1.82, 2.24) is 4.90 Å². The lowest BCUT2D eigenvalue weighted by Gasteiger charge is -2.47. The van der Waals surface area contributed by atoms with E-state index in [9.17, 15) is 29.7 Å². The quantitative estimate of drug-likeness (QED) is 0.318. The van der Waals surface area contributed by atoms with E-state index in [1.165, 1.54) is 27.9 Å². The Morgan fingerprint density at radius 2 is 1.59 bits per heavy atom. The van der Waals surface area contributed by atoms with Gasteiger partial charge in [-0.1, -0.05) is 27.7 Å². The highest BCUT2D eigenvalue weighted by Gasteiger charge is 2.51. The average molecular weight is 588 g/mol. The predicted octanol–water partition coefficient (Wildman–Crippen LogP) is 1.72. The van der Waals surface area contributed by atoms with Crippen LogP contribution < -0.4 is 0 Å². The van der Waals surface area contributed by atoms with Gasteiger partial charge in [0.1, 0.15) is 29.5 Å². The maximum Gasteiger partial charge on any atom is 0.316 e. The van der Waals surface area contributed by atoms with Crippen LogP contribution in [0.25, 0.3) is 0 Å². The molecule has 0 saturated carbocycles. The molecule has 2 fully saturated rings. The number of Topliss-reactive ketones (excluding diaryl/α,β-unsaturated/α-hetero) is 2. The minimum Gasteiger partial charge on any atom is -0.459 e. The molecule has 0 spiro atoms. The number of hydrogen-bond donors (Lipinski definition) is 3. The van der Waals surface area contributed by atoms with E-state index in [1.807, 2.05) is 25.9 Å². The van der Waals surface area contributed by atoms with Gasteiger partial charge in [-0.25, -0.2) is 0 Å². The first-order chi connectivity index (χ1) is 18.8. The average Bonchev–Trinajstić information content (AvgIpc) is 2.92. The molecule has 1 unspecified atom stereocenters. The van der Waals surface area contributed by atoms with Crippen LogP contribution in [0, 0.1) is 23.7 Å². The third kappa shape index (κ3) is 7.55. The fraction of sp³-hybridized carbons (Fsp3) is 0.900. The van der Waals surface area contributed by atoms with Crippen molar-refractivity contribution in [2.75, 3.05) is 21.2 Å². The number of likely N-dealkylation sites (N-methyl/N-ethyl adjacent to an activating group) is 1. The van der Waals surface area contributed by atoms with Gasteiger partial charge in [0.15, 0.2) is 12.1 Å². The second-order valence-electron chi connectivity index (χ2n) is 12.9. The second-order valence-corrected chi connectivity index (χ2v) is 12.9. The van der Waals surface area contributed by atoms with Crippen molar-refractivity contribution in [3.05, 3.63) is 0 Å². The van der Waals surface area contributed by atoms with E-state index in [0.717, 1.165) is 0 Å². The van der Waals surface area contributed by atoms with Crippen LogP contribution in [0.4, 0.5) is 0 Å². The Bertz CT molecular complexity index is 925. The molecule has 0 aromatic rings. The standard InChI is InChI=1S/C30H53NO10/c1-12-21-30(8,37)25(35)17(4)22(32)15(2)14-29(7,38-11)26(18(5)23(33)19(6)27(36)40-21)41-28-24(34)20(31(9)10)13-16(3)39-28/h15-21,24-26,28,34-35,37H,12-14H2,1-11H3/t15-,16-,17+,18-,19-,20+,21?,24-,25-,26-,28+,29-,30-/m1/s1. The van der Waals surface area contributed by atoms with Crippen molar-refractivity contribution >= 4 is 17.5 Å². The molecule has 2 aliphatic rings. The van der Waals surface area contributed by atoms with E-state index in [2.05, 4.69) is 0 Å². The number of ether oxygens (including phenoxy) is 4. The van der Waals surface area contributed by atoms with Crippen molar-refractivity contribution in [3.63, 3.8) is 0 Å². The fourth-order valence-corrected chi connectivity index (χ4v) is 6.43. The summed E-state index contributed by atoms with van der Waals surface area (Å²) in [6.45, 7) is 12.9. The van der Waals surface area contributed by atoms with E-state index in [4.69, 9.17) is 18.9 Å². The molecule has 3 N–H and O–H groups in total. The smallest absolute Gasteiger partial charge is 0.316 e. The van der Waals surface area contributed by atoms with Crippen LogP contribution in [0.1, 0.15) is 74.7 Å². The van der Waals surface area contributed by atoms with Crippen LogP contribution >= 0.6 is 0 Å². The summed E-state index contributed by atoms with van der Waals surface area (Å²) in [6.07, 6.45) is -5.31. The molecule has 2 saturated heterocycles. The number of carbonyl (C=O) groups is 3. The summed E-state index contributed by atoms with van der Waals surface area (Å²) in [6, 6.07) is -0.266. The Kier molecular flexibility index (Phi) is 12.1. The summed E-state index contributed by atoms with van der Waals surface area (Å²) in [5.74, 6) is -5.55. The molecule has 11 nitrogen and oxygen atoms in total. The topological polar surface area (TPSA) is 152 Å². The SMILES string of the molecule is CCC1OC(=O)[C@H](C)C(=O)[C@@H](C)[C@@H](O[C@@H]2O[C@H](C)C[C@H](N(C)C)[C@H]2O)[C@](C)(OC)C[C@@H](C)C(=O)[C@H](C)[C@@H](O)[C@]1(C)O. The number of ketones is 2. The molecular weight excluding hydrogens is 534 g/mol. The van der Waals surface area contributed by atoms with Gasteiger partial charge in [0.2, 0.25) is 0 Å². The molecule has 2 heterocycles. The third-order valence-electron chi connectivity index (χ3n) is 9.31. The summed E-state index contributed by atoms with van der Waals surface area (Å²) < 4.78 is 24.0. The molecule has 0 aliphatic carbocycles. The lowest BCUT2D eigenvalue weighted by Crippen LogP contribution is -2.60. The fourth-order valence-electron chi connectivity index (χ4n) is 6.43. The zero-order valence-electron chi connectivity index (χ0n) is 26.6. The Morgan fingerprint density at radius 1 is 1.00 bits per heavy atom. The molecule has 2 rings (SSSR count). The van der Waals surface area contributed by atoms with E-state index < -0.39 is 77.3 Å². The molecule has 0 amide bonds. The van der Waals surface area contributed by atoms with Crippen LogP contribution in [0.15, 0.2) is 0 Å². The maximum absolute atomic E-state index is 13.8. The number of rotatable bonds is 5. The van der Waals surface area contributed by atoms with E-state index in [1.54, 1.807) is 27.7 Å². The van der Waals surface area contributed by atoms with Gasteiger partial charge in [-0.2, -0.15) is 0 Å². The normalized spacial score (nSPS) is 45.8. The Morgan fingerprint density at radius 3 is 2.10 bits per heavy atom. The van der Waals surface area contributed by atoms with E-state index >= 15 is 0 Å². The molecule has 0 bridgehead atoms. The minimum atomic E-state index is -1.94. The van der Waals surface area contributed by atoms with Gasteiger partial charge in [-0.15, -0.1) is 0 Å². The maximum atomic E-state index is 13.8. The highest BCUT2D eigenvalue weighted by atomic mass is 16.7. The summed E-state index contributed by atoms with van der Waals surface area (Å²) in [5, 5.41) is 33.5. The lowest BCUT2D eigenvalue weighted by atomic mass is 9.74. The first-order valence-corrected chi connectivity index (χ1v) is 14.7. The van der Waals surface area contributed by atoms with Gasteiger partial charge >= 0.3 is 5.97 Å². The Hall–Kier alpha value is -1.47. The van der Waals surface area contributed by atoms with E-state index in [-0.39, 0.29) is 30.8 Å². The van der Waals surface area contributed by atoms with Crippen LogP contribution in [0.2, 0.25) is 0 Å². The van der Waals surface area contributed by atoms with Gasteiger partial charge in [0.05, 0.1) is 23.9 Å². The summed E-state index contributed by atoms with van der Waals surface area (Å²) in [7, 11) is 5.16. The van der Waals surface area contributed by atoms with Crippen molar-refractivity contribution in [3.8, 4) is 0 Å². The molecule has 2 aliphatic heterocycles.